The largest absolute Gasteiger partial charge is 0.453 e. The van der Waals surface area contributed by atoms with Crippen molar-refractivity contribution in [1.82, 2.24) is 10.5 Å². The Bertz CT molecular complexity index is 651. The van der Waals surface area contributed by atoms with Crippen molar-refractivity contribution in [1.29, 1.82) is 0 Å². The van der Waals surface area contributed by atoms with Gasteiger partial charge in [-0.15, -0.1) is 0 Å². The molecule has 0 aliphatic carbocycles. The van der Waals surface area contributed by atoms with E-state index in [0.717, 1.165) is 5.56 Å². The van der Waals surface area contributed by atoms with Crippen LogP contribution in [-0.4, -0.2) is 24.4 Å². The normalized spacial score (nSPS) is 9.91. The number of aryl methyl sites for hydroxylation is 1. The van der Waals surface area contributed by atoms with Gasteiger partial charge in [0.15, 0.2) is 5.82 Å². The summed E-state index contributed by atoms with van der Waals surface area (Å²) >= 11 is 0. The summed E-state index contributed by atoms with van der Waals surface area (Å²) in [6.07, 6.45) is -0.534. The Morgan fingerprint density at radius 1 is 1.23 bits per heavy atom. The van der Waals surface area contributed by atoms with Gasteiger partial charge in [0.05, 0.1) is 7.11 Å². The SMILES string of the molecule is COC(=O)Nc1ccc(CNC(=O)Nc2cc(C)on2)cc1. The van der Waals surface area contributed by atoms with Crippen LogP contribution in [0.15, 0.2) is 34.9 Å². The molecule has 0 spiro atoms. The first-order chi connectivity index (χ1) is 10.6. The molecule has 8 heteroatoms. The highest BCUT2D eigenvalue weighted by molar-refractivity contribution is 5.88. The molecular weight excluding hydrogens is 288 g/mol. The van der Waals surface area contributed by atoms with E-state index in [1.165, 1.54) is 7.11 Å². The van der Waals surface area contributed by atoms with Gasteiger partial charge in [0.25, 0.3) is 0 Å². The number of amides is 3. The van der Waals surface area contributed by atoms with Crippen molar-refractivity contribution in [2.75, 3.05) is 17.7 Å². The number of ether oxygens (including phenoxy) is 1. The number of carbonyl (C=O) groups excluding carboxylic acids is 2. The molecule has 0 aliphatic rings. The molecular formula is C14H16N4O4. The van der Waals surface area contributed by atoms with E-state index in [-0.39, 0.29) is 6.03 Å². The first kappa shape index (κ1) is 15.4. The zero-order chi connectivity index (χ0) is 15.9. The number of benzene rings is 1. The van der Waals surface area contributed by atoms with Gasteiger partial charge in [-0.3, -0.25) is 10.6 Å². The summed E-state index contributed by atoms with van der Waals surface area (Å²) in [6.45, 7) is 2.07. The third kappa shape index (κ3) is 4.51. The lowest BCUT2D eigenvalue weighted by Crippen LogP contribution is -2.28. The molecule has 116 valence electrons. The Kier molecular flexibility index (Phi) is 4.97. The van der Waals surface area contributed by atoms with Crippen LogP contribution < -0.4 is 16.0 Å². The Balaban J connectivity index is 1.81. The van der Waals surface area contributed by atoms with Crippen LogP contribution in [0, 0.1) is 6.92 Å². The fourth-order valence-corrected chi connectivity index (χ4v) is 1.64. The topological polar surface area (TPSA) is 105 Å². The molecule has 2 aromatic rings. The predicted molar refractivity (Wildman–Crippen MR) is 79.6 cm³/mol. The van der Waals surface area contributed by atoms with Crippen LogP contribution in [0.4, 0.5) is 21.1 Å². The summed E-state index contributed by atoms with van der Waals surface area (Å²) in [7, 11) is 1.29. The summed E-state index contributed by atoms with van der Waals surface area (Å²) < 4.78 is 9.34. The molecule has 1 aromatic heterocycles. The van der Waals surface area contributed by atoms with E-state index < -0.39 is 6.09 Å². The third-order valence-electron chi connectivity index (χ3n) is 2.71. The second-order valence-electron chi connectivity index (χ2n) is 4.44. The van der Waals surface area contributed by atoms with Gasteiger partial charge in [-0.25, -0.2) is 9.59 Å². The van der Waals surface area contributed by atoms with Gasteiger partial charge < -0.3 is 14.6 Å². The van der Waals surface area contributed by atoms with Crippen LogP contribution in [-0.2, 0) is 11.3 Å². The molecule has 0 saturated heterocycles. The van der Waals surface area contributed by atoms with E-state index in [2.05, 4.69) is 25.8 Å². The number of nitrogens with one attached hydrogen (secondary N) is 3. The van der Waals surface area contributed by atoms with Gasteiger partial charge >= 0.3 is 12.1 Å². The maximum absolute atomic E-state index is 11.7. The number of methoxy groups -OCH3 is 1. The Hall–Kier alpha value is -3.03. The summed E-state index contributed by atoms with van der Waals surface area (Å²) in [5.74, 6) is 0.969. The number of carbonyl (C=O) groups is 2. The molecule has 0 fully saturated rings. The lowest BCUT2D eigenvalue weighted by atomic mass is 10.2. The fourth-order valence-electron chi connectivity index (χ4n) is 1.64. The molecule has 2 rings (SSSR count). The monoisotopic (exact) mass is 304 g/mol. The number of hydrogen-bond acceptors (Lipinski definition) is 5. The molecule has 0 bridgehead atoms. The van der Waals surface area contributed by atoms with Gasteiger partial charge in [-0.2, -0.15) is 0 Å². The summed E-state index contributed by atoms with van der Waals surface area (Å²) in [5.41, 5.74) is 1.49. The Morgan fingerprint density at radius 2 is 1.95 bits per heavy atom. The van der Waals surface area contributed by atoms with Gasteiger partial charge in [0.1, 0.15) is 5.76 Å². The minimum absolute atomic E-state index is 0.334. The van der Waals surface area contributed by atoms with Crippen molar-refractivity contribution in [2.24, 2.45) is 0 Å². The molecule has 0 atom stereocenters. The fraction of sp³-hybridized carbons (Fsp3) is 0.214. The number of hydrogen-bond donors (Lipinski definition) is 3. The Labute approximate surface area is 126 Å². The van der Waals surface area contributed by atoms with E-state index in [1.807, 2.05) is 0 Å². The second kappa shape index (κ2) is 7.11. The van der Waals surface area contributed by atoms with Crippen LogP contribution in [0.3, 0.4) is 0 Å². The summed E-state index contributed by atoms with van der Waals surface area (Å²) in [4.78, 5) is 22.7. The average Bonchev–Trinajstić information content (AvgIpc) is 2.91. The molecule has 3 amide bonds. The van der Waals surface area contributed by atoms with Gasteiger partial charge in [-0.05, 0) is 24.6 Å². The van der Waals surface area contributed by atoms with Crippen molar-refractivity contribution in [2.45, 2.75) is 13.5 Å². The molecule has 3 N–H and O–H groups in total. The van der Waals surface area contributed by atoms with Gasteiger partial charge in [0, 0.05) is 18.3 Å². The van der Waals surface area contributed by atoms with Crippen molar-refractivity contribution in [3.05, 3.63) is 41.7 Å². The predicted octanol–water partition coefficient (Wildman–Crippen LogP) is 2.48. The quantitative estimate of drug-likeness (QED) is 0.804. The first-order valence-electron chi connectivity index (χ1n) is 6.49. The summed E-state index contributed by atoms with van der Waals surface area (Å²) in [6, 6.07) is 8.23. The smallest absolute Gasteiger partial charge is 0.411 e. The molecule has 1 aromatic carbocycles. The number of anilines is 2. The van der Waals surface area contributed by atoms with Crippen molar-refractivity contribution >= 4 is 23.6 Å². The van der Waals surface area contributed by atoms with E-state index in [0.29, 0.717) is 23.8 Å². The van der Waals surface area contributed by atoms with E-state index in [4.69, 9.17) is 4.52 Å². The van der Waals surface area contributed by atoms with Gasteiger partial charge in [0.2, 0.25) is 0 Å². The molecule has 8 nitrogen and oxygen atoms in total. The minimum atomic E-state index is -0.534. The van der Waals surface area contributed by atoms with Crippen LogP contribution in [0.2, 0.25) is 0 Å². The molecule has 1 heterocycles. The van der Waals surface area contributed by atoms with Crippen molar-refractivity contribution in [3.8, 4) is 0 Å². The van der Waals surface area contributed by atoms with Gasteiger partial charge in [-0.1, -0.05) is 17.3 Å². The minimum Gasteiger partial charge on any atom is -0.453 e. The number of nitrogens with zero attached hydrogens (tertiary/aromatic N) is 1. The van der Waals surface area contributed by atoms with Crippen LogP contribution >= 0.6 is 0 Å². The second-order valence-corrected chi connectivity index (χ2v) is 4.44. The van der Waals surface area contributed by atoms with Crippen molar-refractivity contribution < 1.29 is 18.8 Å². The van der Waals surface area contributed by atoms with Crippen LogP contribution in [0.1, 0.15) is 11.3 Å². The standard InChI is InChI=1S/C14H16N4O4/c1-9-7-12(18-22-9)17-13(19)15-8-10-3-5-11(6-4-10)16-14(20)21-2/h3-7H,8H2,1-2H3,(H,16,20)(H2,15,17,18,19). The summed E-state index contributed by atoms with van der Waals surface area (Å²) in [5, 5.41) is 11.4. The molecule has 0 unspecified atom stereocenters. The lowest BCUT2D eigenvalue weighted by molar-refractivity contribution is 0.187. The Morgan fingerprint density at radius 3 is 2.55 bits per heavy atom. The van der Waals surface area contributed by atoms with E-state index in [9.17, 15) is 9.59 Å². The van der Waals surface area contributed by atoms with E-state index >= 15 is 0 Å². The van der Waals surface area contributed by atoms with Crippen LogP contribution in [0.5, 0.6) is 0 Å². The van der Waals surface area contributed by atoms with Crippen LogP contribution in [0.25, 0.3) is 0 Å². The highest BCUT2D eigenvalue weighted by Gasteiger charge is 2.06. The lowest BCUT2D eigenvalue weighted by Gasteiger charge is -2.07. The number of aromatic nitrogens is 1. The highest BCUT2D eigenvalue weighted by atomic mass is 16.5. The number of urea groups is 1. The molecule has 0 saturated carbocycles. The molecule has 22 heavy (non-hydrogen) atoms. The number of rotatable bonds is 4. The zero-order valence-electron chi connectivity index (χ0n) is 12.2. The third-order valence-corrected chi connectivity index (χ3v) is 2.71. The molecule has 0 aliphatic heterocycles. The highest BCUT2D eigenvalue weighted by Crippen LogP contribution is 2.10. The van der Waals surface area contributed by atoms with Crippen molar-refractivity contribution in [3.63, 3.8) is 0 Å². The zero-order valence-corrected chi connectivity index (χ0v) is 12.2. The van der Waals surface area contributed by atoms with E-state index in [1.54, 1.807) is 37.3 Å². The maximum Gasteiger partial charge on any atom is 0.411 e. The first-order valence-corrected chi connectivity index (χ1v) is 6.49. The average molecular weight is 304 g/mol. The molecule has 0 radical (unpaired) electrons. The maximum atomic E-state index is 11.7.